The number of rotatable bonds is 2. The van der Waals surface area contributed by atoms with Gasteiger partial charge in [-0.1, -0.05) is 36.4 Å². The van der Waals surface area contributed by atoms with Crippen molar-refractivity contribution < 1.29 is 0 Å². The van der Waals surface area contributed by atoms with Gasteiger partial charge in [0.15, 0.2) is 5.82 Å². The van der Waals surface area contributed by atoms with E-state index >= 15 is 0 Å². The molecule has 0 aliphatic carbocycles. The van der Waals surface area contributed by atoms with Gasteiger partial charge in [-0.3, -0.25) is 5.10 Å². The predicted molar refractivity (Wildman–Crippen MR) is 74.4 cm³/mol. The summed E-state index contributed by atoms with van der Waals surface area (Å²) in [5, 5.41) is 12.1. The lowest BCUT2D eigenvalue weighted by atomic mass is 10.1. The summed E-state index contributed by atoms with van der Waals surface area (Å²) in [6.45, 7) is 0. The number of hydrogen-bond donors (Lipinski definition) is 2. The van der Waals surface area contributed by atoms with Crippen molar-refractivity contribution in [2.24, 2.45) is 0 Å². The molecule has 0 radical (unpaired) electrons. The van der Waals surface area contributed by atoms with E-state index in [0.29, 0.717) is 10.6 Å². The van der Waals surface area contributed by atoms with Gasteiger partial charge in [0.2, 0.25) is 4.77 Å². The van der Waals surface area contributed by atoms with Gasteiger partial charge in [-0.25, -0.2) is 0 Å². The molecule has 0 fully saturated rings. The summed E-state index contributed by atoms with van der Waals surface area (Å²) in [7, 11) is 0. The Bertz CT molecular complexity index is 746. The summed E-state index contributed by atoms with van der Waals surface area (Å²) in [6, 6.07) is 14.2. The fourth-order valence-electron chi connectivity index (χ4n) is 1.84. The van der Waals surface area contributed by atoms with E-state index < -0.39 is 0 Å². The van der Waals surface area contributed by atoms with Crippen LogP contribution in [0, 0.1) is 4.77 Å². The third-order valence-corrected chi connectivity index (χ3v) is 2.80. The number of nitrogens with one attached hydrogen (secondary N) is 2. The SMILES string of the molecule is S=c1nc(Nc2cccc3ccccc23)cn[nH]1. The van der Waals surface area contributed by atoms with Gasteiger partial charge in [-0.15, -0.1) is 0 Å². The van der Waals surface area contributed by atoms with Gasteiger partial charge < -0.3 is 5.32 Å². The molecular weight excluding hydrogens is 244 g/mol. The van der Waals surface area contributed by atoms with Crippen LogP contribution in [0.5, 0.6) is 0 Å². The van der Waals surface area contributed by atoms with E-state index in [1.807, 2.05) is 24.3 Å². The van der Waals surface area contributed by atoms with Crippen LogP contribution < -0.4 is 5.32 Å². The van der Waals surface area contributed by atoms with Gasteiger partial charge in [0.05, 0.1) is 6.20 Å². The zero-order chi connectivity index (χ0) is 12.4. The topological polar surface area (TPSA) is 53.6 Å². The van der Waals surface area contributed by atoms with Crippen LogP contribution in [0.25, 0.3) is 10.8 Å². The number of aromatic nitrogens is 3. The van der Waals surface area contributed by atoms with E-state index in [-0.39, 0.29) is 0 Å². The number of aromatic amines is 1. The summed E-state index contributed by atoms with van der Waals surface area (Å²) in [5.74, 6) is 0.634. The monoisotopic (exact) mass is 254 g/mol. The van der Waals surface area contributed by atoms with Gasteiger partial charge >= 0.3 is 0 Å². The average molecular weight is 254 g/mol. The van der Waals surface area contributed by atoms with Gasteiger partial charge in [-0.05, 0) is 23.7 Å². The van der Waals surface area contributed by atoms with Crippen molar-refractivity contribution in [2.45, 2.75) is 0 Å². The van der Waals surface area contributed by atoms with Gasteiger partial charge in [0.25, 0.3) is 0 Å². The first-order chi connectivity index (χ1) is 8.83. The summed E-state index contributed by atoms with van der Waals surface area (Å²) in [6.07, 6.45) is 1.61. The lowest BCUT2D eigenvalue weighted by Crippen LogP contribution is -1.97. The van der Waals surface area contributed by atoms with Crippen molar-refractivity contribution in [1.29, 1.82) is 0 Å². The Balaban J connectivity index is 2.07. The molecule has 0 unspecified atom stereocenters. The molecule has 0 saturated carbocycles. The zero-order valence-corrected chi connectivity index (χ0v) is 10.2. The number of anilines is 2. The standard InChI is InChI=1S/C13H10N4S/c18-13-16-12(8-14-17-13)15-11-7-3-5-9-4-1-2-6-10(9)11/h1-8H,(H2,15,16,17,18). The summed E-state index contributed by atoms with van der Waals surface area (Å²) >= 11 is 4.94. The van der Waals surface area contributed by atoms with E-state index in [1.165, 1.54) is 5.39 Å². The van der Waals surface area contributed by atoms with Crippen molar-refractivity contribution in [1.82, 2.24) is 15.2 Å². The molecule has 3 rings (SSSR count). The highest BCUT2D eigenvalue weighted by atomic mass is 32.1. The molecule has 5 heteroatoms. The molecule has 0 atom stereocenters. The van der Waals surface area contributed by atoms with Crippen LogP contribution in [0.1, 0.15) is 0 Å². The highest BCUT2D eigenvalue weighted by molar-refractivity contribution is 7.71. The van der Waals surface area contributed by atoms with Crippen LogP contribution in [-0.4, -0.2) is 15.2 Å². The molecule has 4 nitrogen and oxygen atoms in total. The summed E-state index contributed by atoms with van der Waals surface area (Å²) in [4.78, 5) is 4.16. The van der Waals surface area contributed by atoms with Gasteiger partial charge in [0, 0.05) is 11.1 Å². The maximum Gasteiger partial charge on any atom is 0.215 e. The zero-order valence-electron chi connectivity index (χ0n) is 9.42. The fraction of sp³-hybridized carbons (Fsp3) is 0. The predicted octanol–water partition coefficient (Wildman–Crippen LogP) is 3.43. The highest BCUT2D eigenvalue weighted by Gasteiger charge is 2.01. The van der Waals surface area contributed by atoms with Crippen molar-refractivity contribution in [2.75, 3.05) is 5.32 Å². The molecule has 3 aromatic rings. The van der Waals surface area contributed by atoms with E-state index in [2.05, 4.69) is 38.7 Å². The third kappa shape index (κ3) is 2.08. The maximum absolute atomic E-state index is 4.94. The van der Waals surface area contributed by atoms with Gasteiger partial charge in [-0.2, -0.15) is 10.1 Å². The Morgan fingerprint density at radius 3 is 2.78 bits per heavy atom. The molecule has 1 heterocycles. The second kappa shape index (κ2) is 4.54. The second-order valence-electron chi connectivity index (χ2n) is 3.82. The number of hydrogen-bond acceptors (Lipinski definition) is 4. The molecular formula is C13H10N4S. The Morgan fingerprint density at radius 1 is 1.06 bits per heavy atom. The number of benzene rings is 2. The molecule has 0 bridgehead atoms. The van der Waals surface area contributed by atoms with Crippen molar-refractivity contribution in [3.8, 4) is 0 Å². The fourth-order valence-corrected chi connectivity index (χ4v) is 2.00. The van der Waals surface area contributed by atoms with E-state index in [0.717, 1.165) is 11.1 Å². The molecule has 2 N–H and O–H groups in total. The highest BCUT2D eigenvalue weighted by Crippen LogP contribution is 2.24. The second-order valence-corrected chi connectivity index (χ2v) is 4.21. The molecule has 1 aromatic heterocycles. The molecule has 0 saturated heterocycles. The van der Waals surface area contributed by atoms with Crippen molar-refractivity contribution >= 4 is 34.5 Å². The molecule has 18 heavy (non-hydrogen) atoms. The first-order valence-electron chi connectivity index (χ1n) is 5.49. The molecule has 0 aliphatic rings. The average Bonchev–Trinajstić information content (AvgIpc) is 2.39. The Morgan fingerprint density at radius 2 is 1.89 bits per heavy atom. The molecule has 0 spiro atoms. The number of nitrogens with zero attached hydrogens (tertiary/aromatic N) is 2. The minimum atomic E-state index is 0.361. The number of fused-ring (bicyclic) bond motifs is 1. The van der Waals surface area contributed by atoms with Crippen LogP contribution in [0.2, 0.25) is 0 Å². The Hall–Kier alpha value is -2.27. The number of H-pyrrole nitrogens is 1. The molecule has 88 valence electrons. The maximum atomic E-state index is 4.94. The first kappa shape index (κ1) is 10.9. The normalized spacial score (nSPS) is 10.4. The first-order valence-corrected chi connectivity index (χ1v) is 5.90. The van der Waals surface area contributed by atoms with Crippen LogP contribution >= 0.6 is 12.2 Å². The van der Waals surface area contributed by atoms with Crippen molar-refractivity contribution in [3.63, 3.8) is 0 Å². The van der Waals surface area contributed by atoms with E-state index in [9.17, 15) is 0 Å². The third-order valence-electron chi connectivity index (χ3n) is 2.62. The smallest absolute Gasteiger partial charge is 0.215 e. The van der Waals surface area contributed by atoms with Crippen molar-refractivity contribution in [3.05, 3.63) is 53.4 Å². The summed E-state index contributed by atoms with van der Waals surface area (Å²) < 4.78 is 0.361. The molecule has 0 amide bonds. The van der Waals surface area contributed by atoms with Crippen LogP contribution in [0.4, 0.5) is 11.5 Å². The minimum absolute atomic E-state index is 0.361. The van der Waals surface area contributed by atoms with Crippen LogP contribution in [0.15, 0.2) is 48.7 Å². The molecule has 0 aliphatic heterocycles. The van der Waals surface area contributed by atoms with Crippen LogP contribution in [0.3, 0.4) is 0 Å². The van der Waals surface area contributed by atoms with Gasteiger partial charge in [0.1, 0.15) is 0 Å². The largest absolute Gasteiger partial charge is 0.338 e. The Labute approximate surface area is 109 Å². The molecule has 2 aromatic carbocycles. The Kier molecular flexibility index (Phi) is 2.74. The lowest BCUT2D eigenvalue weighted by molar-refractivity contribution is 0.953. The van der Waals surface area contributed by atoms with Crippen LogP contribution in [-0.2, 0) is 0 Å². The van der Waals surface area contributed by atoms with E-state index in [1.54, 1.807) is 6.20 Å². The lowest BCUT2D eigenvalue weighted by Gasteiger charge is -2.08. The minimum Gasteiger partial charge on any atom is -0.338 e. The van der Waals surface area contributed by atoms with E-state index in [4.69, 9.17) is 12.2 Å². The quantitative estimate of drug-likeness (QED) is 0.688. The summed E-state index contributed by atoms with van der Waals surface area (Å²) in [5.41, 5.74) is 0.989.